The smallest absolute Gasteiger partial charge is 0.0886 e. The second-order valence-corrected chi connectivity index (χ2v) is 8.66. The molecule has 2 saturated carbocycles. The molecular weight excluding hydrogens is 276 g/mol. The molecule has 0 aliphatic heterocycles. The number of hydrogen-bond donors (Lipinski definition) is 3. The van der Waals surface area contributed by atoms with Crippen LogP contribution in [0.25, 0.3) is 0 Å². The van der Waals surface area contributed by atoms with Crippen LogP contribution in [0.1, 0.15) is 46.0 Å². The van der Waals surface area contributed by atoms with Crippen LogP contribution in [-0.2, 0) is 0 Å². The van der Waals surface area contributed by atoms with E-state index in [-0.39, 0.29) is 40.8 Å². The second-order valence-electron chi connectivity index (χ2n) is 8.66. The average molecular weight is 304 g/mol. The summed E-state index contributed by atoms with van der Waals surface area (Å²) in [4.78, 5) is 0. The van der Waals surface area contributed by atoms with Crippen molar-refractivity contribution in [3.05, 3.63) is 24.0 Å². The molecule has 0 bridgehead atoms. The zero-order chi connectivity index (χ0) is 15.7. The summed E-state index contributed by atoms with van der Waals surface area (Å²) in [7, 11) is 0. The van der Waals surface area contributed by atoms with Crippen LogP contribution in [0.2, 0.25) is 0 Å². The molecule has 0 aromatic rings. The van der Waals surface area contributed by atoms with Gasteiger partial charge in [-0.05, 0) is 60.8 Å². The summed E-state index contributed by atoms with van der Waals surface area (Å²) in [6.07, 6.45) is 10.1. The fourth-order valence-electron chi connectivity index (χ4n) is 6.23. The molecule has 0 saturated heterocycles. The lowest BCUT2D eigenvalue weighted by Gasteiger charge is -2.60. The minimum Gasteiger partial charge on any atom is -0.513 e. The molecule has 0 aromatic carbocycles. The number of allylic oxidation sites excluding steroid dienone is 3. The van der Waals surface area contributed by atoms with Crippen molar-refractivity contribution >= 4 is 0 Å². The van der Waals surface area contributed by atoms with Crippen LogP contribution in [0.3, 0.4) is 0 Å². The van der Waals surface area contributed by atoms with Gasteiger partial charge in [-0.25, -0.2) is 0 Å². The molecule has 3 N–H and O–H groups in total. The fraction of sp³-hybridized carbons (Fsp3) is 0.789. The maximum absolute atomic E-state index is 10.9. The zero-order valence-electron chi connectivity index (χ0n) is 13.6. The Bertz CT molecular complexity index is 539. The van der Waals surface area contributed by atoms with Gasteiger partial charge in [0, 0.05) is 11.8 Å². The van der Waals surface area contributed by atoms with Gasteiger partial charge in [-0.3, -0.25) is 0 Å². The first-order valence-corrected chi connectivity index (χ1v) is 8.80. The first kappa shape index (κ1) is 14.8. The van der Waals surface area contributed by atoms with Gasteiger partial charge in [0.2, 0.25) is 0 Å². The Labute approximate surface area is 132 Å². The van der Waals surface area contributed by atoms with Crippen molar-refractivity contribution in [2.75, 3.05) is 0 Å². The van der Waals surface area contributed by atoms with Gasteiger partial charge >= 0.3 is 0 Å². The van der Waals surface area contributed by atoms with Crippen LogP contribution >= 0.6 is 0 Å². The quantitative estimate of drug-likeness (QED) is 0.602. The molecule has 0 heterocycles. The van der Waals surface area contributed by atoms with Crippen molar-refractivity contribution in [1.29, 1.82) is 0 Å². The van der Waals surface area contributed by atoms with E-state index in [1.54, 1.807) is 0 Å². The molecule has 0 amide bonds. The first-order chi connectivity index (χ1) is 10.4. The van der Waals surface area contributed by atoms with Crippen LogP contribution in [0.5, 0.6) is 0 Å². The van der Waals surface area contributed by atoms with Gasteiger partial charge in [-0.2, -0.15) is 0 Å². The second kappa shape index (κ2) is 4.61. The highest BCUT2D eigenvalue weighted by atomic mass is 16.3. The Morgan fingerprint density at radius 2 is 1.86 bits per heavy atom. The van der Waals surface area contributed by atoms with E-state index in [1.165, 1.54) is 0 Å². The Hall–Kier alpha value is -0.800. The number of aliphatic hydroxyl groups is 3. The molecule has 122 valence electrons. The highest BCUT2D eigenvalue weighted by molar-refractivity contribution is 5.22. The van der Waals surface area contributed by atoms with E-state index < -0.39 is 0 Å². The largest absolute Gasteiger partial charge is 0.513 e. The zero-order valence-corrected chi connectivity index (χ0v) is 13.6. The number of aliphatic hydroxyl groups excluding tert-OH is 3. The lowest BCUT2D eigenvalue weighted by atomic mass is 9.45. The molecular formula is C19H28O3. The molecule has 3 unspecified atom stereocenters. The summed E-state index contributed by atoms with van der Waals surface area (Å²) in [5.41, 5.74) is 0.0802. The molecule has 3 nitrogen and oxygen atoms in total. The fourth-order valence-corrected chi connectivity index (χ4v) is 6.23. The summed E-state index contributed by atoms with van der Waals surface area (Å²) >= 11 is 0. The van der Waals surface area contributed by atoms with E-state index in [0.29, 0.717) is 11.7 Å². The summed E-state index contributed by atoms with van der Waals surface area (Å²) in [6.45, 7) is 4.55. The van der Waals surface area contributed by atoms with Crippen molar-refractivity contribution in [2.24, 2.45) is 34.5 Å². The van der Waals surface area contributed by atoms with E-state index in [2.05, 4.69) is 19.9 Å². The molecule has 4 aliphatic rings. The minimum atomic E-state index is -0.369. The number of fused-ring (bicyclic) bond motifs is 5. The van der Waals surface area contributed by atoms with E-state index in [9.17, 15) is 15.3 Å². The Balaban J connectivity index is 1.72. The summed E-state index contributed by atoms with van der Waals surface area (Å²) in [5.74, 6) is 1.82. The van der Waals surface area contributed by atoms with Crippen LogP contribution in [0.15, 0.2) is 24.0 Å². The van der Waals surface area contributed by atoms with E-state index in [1.807, 2.05) is 12.2 Å². The van der Waals surface area contributed by atoms with Crippen LogP contribution in [0, 0.1) is 34.5 Å². The molecule has 0 radical (unpaired) electrons. The third kappa shape index (κ3) is 1.75. The first-order valence-electron chi connectivity index (χ1n) is 8.80. The molecule has 0 aromatic heterocycles. The predicted octanol–water partition coefficient (Wildman–Crippen LogP) is 3.19. The molecule has 3 heteroatoms. The third-order valence-corrected chi connectivity index (χ3v) is 7.76. The summed E-state index contributed by atoms with van der Waals surface area (Å²) in [6, 6.07) is 0. The van der Waals surface area contributed by atoms with Crippen molar-refractivity contribution in [3.8, 4) is 0 Å². The lowest BCUT2D eigenvalue weighted by Crippen LogP contribution is -2.57. The van der Waals surface area contributed by atoms with Gasteiger partial charge in [-0.1, -0.05) is 26.0 Å². The van der Waals surface area contributed by atoms with Gasteiger partial charge < -0.3 is 15.3 Å². The maximum atomic E-state index is 10.9. The Morgan fingerprint density at radius 3 is 2.64 bits per heavy atom. The van der Waals surface area contributed by atoms with E-state index in [0.717, 1.165) is 32.1 Å². The van der Waals surface area contributed by atoms with Crippen molar-refractivity contribution in [2.45, 2.75) is 58.2 Å². The molecule has 22 heavy (non-hydrogen) atoms. The molecule has 2 fully saturated rings. The molecule has 8 atom stereocenters. The highest BCUT2D eigenvalue weighted by Gasteiger charge is 2.60. The summed E-state index contributed by atoms with van der Waals surface area (Å²) < 4.78 is 0. The lowest BCUT2D eigenvalue weighted by molar-refractivity contribution is -0.148. The van der Waals surface area contributed by atoms with Gasteiger partial charge in [-0.15, -0.1) is 0 Å². The van der Waals surface area contributed by atoms with Gasteiger partial charge in [0.15, 0.2) is 0 Å². The van der Waals surface area contributed by atoms with Crippen LogP contribution in [0.4, 0.5) is 0 Å². The van der Waals surface area contributed by atoms with Crippen LogP contribution in [-0.4, -0.2) is 27.5 Å². The summed E-state index contributed by atoms with van der Waals surface area (Å²) in [5, 5.41) is 31.2. The van der Waals surface area contributed by atoms with Crippen molar-refractivity contribution < 1.29 is 15.3 Å². The normalized spacial score (nSPS) is 56.8. The van der Waals surface area contributed by atoms with Crippen LogP contribution < -0.4 is 0 Å². The van der Waals surface area contributed by atoms with Crippen molar-refractivity contribution in [1.82, 2.24) is 0 Å². The molecule has 4 rings (SSSR count). The minimum absolute atomic E-state index is 0.0992. The van der Waals surface area contributed by atoms with Gasteiger partial charge in [0.05, 0.1) is 18.0 Å². The highest BCUT2D eigenvalue weighted by Crippen LogP contribution is 2.64. The van der Waals surface area contributed by atoms with E-state index >= 15 is 0 Å². The average Bonchev–Trinajstić information content (AvgIpc) is 2.77. The van der Waals surface area contributed by atoms with Crippen molar-refractivity contribution in [3.63, 3.8) is 0 Å². The maximum Gasteiger partial charge on any atom is 0.0886 e. The number of rotatable bonds is 0. The standard InChI is InChI=1S/C19H28O3/c1-18-7-5-12(20)9-11(18)10-15(21)17-13-3-4-16(22)19(13,2)8-6-14(17)18/h3-4,9,11,13-17,20-22H,5-8,10H2,1-2H3/t11?,13-,14+,15?,16?,17-,18-,19-/m0/s1. The van der Waals surface area contributed by atoms with Gasteiger partial charge in [0.25, 0.3) is 0 Å². The van der Waals surface area contributed by atoms with Gasteiger partial charge in [0.1, 0.15) is 0 Å². The predicted molar refractivity (Wildman–Crippen MR) is 85.1 cm³/mol. The monoisotopic (exact) mass is 304 g/mol. The number of hydrogen-bond acceptors (Lipinski definition) is 3. The molecule has 0 spiro atoms. The SMILES string of the molecule is C[C@]12CCC(O)=CC1CC(O)[C@@H]1[C@H]2CC[C@]2(C)C(O)C=C[C@@H]12. The Kier molecular flexibility index (Phi) is 3.09. The third-order valence-electron chi connectivity index (χ3n) is 7.76. The topological polar surface area (TPSA) is 60.7 Å². The Morgan fingerprint density at radius 1 is 1.09 bits per heavy atom. The molecule has 4 aliphatic carbocycles. The van der Waals surface area contributed by atoms with E-state index in [4.69, 9.17) is 0 Å².